The number of carbonyl (C=O) groups is 2. The third-order valence-electron chi connectivity index (χ3n) is 4.83. The summed E-state index contributed by atoms with van der Waals surface area (Å²) in [4.78, 5) is 25.2. The fourth-order valence-electron chi connectivity index (χ4n) is 3.13. The van der Waals surface area contributed by atoms with Gasteiger partial charge in [0.25, 0.3) is 5.91 Å². The summed E-state index contributed by atoms with van der Waals surface area (Å²) in [6.07, 6.45) is 0. The smallest absolute Gasteiger partial charge is 0.341 e. The van der Waals surface area contributed by atoms with Gasteiger partial charge in [0.1, 0.15) is 16.3 Å². The molecule has 0 fully saturated rings. The van der Waals surface area contributed by atoms with E-state index in [-0.39, 0.29) is 19.1 Å². The molecule has 5 nitrogen and oxygen atoms in total. The number of hydrogen-bond acceptors (Lipinski definition) is 5. The lowest BCUT2D eigenvalue weighted by Gasteiger charge is -2.14. The summed E-state index contributed by atoms with van der Waals surface area (Å²) in [5.74, 6) is -0.0755. The van der Waals surface area contributed by atoms with Crippen LogP contribution in [-0.2, 0) is 9.53 Å². The van der Waals surface area contributed by atoms with E-state index in [1.165, 1.54) is 11.3 Å². The lowest BCUT2D eigenvalue weighted by molar-refractivity contribution is -0.118. The van der Waals surface area contributed by atoms with Crippen LogP contribution in [0.3, 0.4) is 0 Å². The molecule has 156 valence electrons. The topological polar surface area (TPSA) is 64.6 Å². The number of carbonyl (C=O) groups excluding carboxylic acids is 2. The molecule has 0 aliphatic heterocycles. The lowest BCUT2D eigenvalue weighted by atomic mass is 10.0. The molecule has 2 aromatic carbocycles. The van der Waals surface area contributed by atoms with E-state index in [1.54, 1.807) is 6.92 Å². The summed E-state index contributed by atoms with van der Waals surface area (Å²) < 4.78 is 11.0. The highest BCUT2D eigenvalue weighted by atomic mass is 32.1. The molecule has 30 heavy (non-hydrogen) atoms. The molecule has 0 aliphatic rings. The van der Waals surface area contributed by atoms with Crippen LogP contribution in [0.2, 0.25) is 0 Å². The largest absolute Gasteiger partial charge is 0.483 e. The minimum atomic E-state index is -0.459. The maximum absolute atomic E-state index is 12.6. The minimum absolute atomic E-state index is 0.147. The number of amides is 1. The molecular weight excluding hydrogens is 398 g/mol. The van der Waals surface area contributed by atoms with Crippen molar-refractivity contribution < 1.29 is 19.1 Å². The van der Waals surface area contributed by atoms with Gasteiger partial charge >= 0.3 is 5.97 Å². The van der Waals surface area contributed by atoms with Crippen molar-refractivity contribution in [1.29, 1.82) is 0 Å². The molecule has 0 spiro atoms. The molecule has 0 atom stereocenters. The van der Waals surface area contributed by atoms with Crippen molar-refractivity contribution in [2.75, 3.05) is 18.5 Å². The van der Waals surface area contributed by atoms with Crippen molar-refractivity contribution in [3.05, 3.63) is 70.1 Å². The number of benzene rings is 2. The van der Waals surface area contributed by atoms with E-state index in [9.17, 15) is 9.59 Å². The van der Waals surface area contributed by atoms with Gasteiger partial charge in [0.2, 0.25) is 0 Å². The van der Waals surface area contributed by atoms with Crippen LogP contribution in [0.15, 0.2) is 47.8 Å². The number of thiophene rings is 1. The second-order valence-electron chi connectivity index (χ2n) is 6.93. The quantitative estimate of drug-likeness (QED) is 0.507. The van der Waals surface area contributed by atoms with Crippen LogP contribution in [0.1, 0.15) is 34.0 Å². The van der Waals surface area contributed by atoms with E-state index in [1.807, 2.05) is 68.6 Å². The van der Waals surface area contributed by atoms with Gasteiger partial charge in [-0.2, -0.15) is 0 Å². The normalized spacial score (nSPS) is 10.5. The van der Waals surface area contributed by atoms with Crippen LogP contribution >= 0.6 is 11.3 Å². The second-order valence-corrected chi connectivity index (χ2v) is 7.81. The van der Waals surface area contributed by atoms with Gasteiger partial charge in [-0.3, -0.25) is 4.79 Å². The Morgan fingerprint density at radius 2 is 1.70 bits per heavy atom. The number of aryl methyl sites for hydroxylation is 2. The Bertz CT molecular complexity index is 1060. The van der Waals surface area contributed by atoms with E-state index >= 15 is 0 Å². The molecule has 1 heterocycles. The van der Waals surface area contributed by atoms with Crippen LogP contribution in [0.5, 0.6) is 5.75 Å². The number of anilines is 1. The molecule has 3 aromatic rings. The first-order valence-electron chi connectivity index (χ1n) is 9.75. The number of ether oxygens (including phenoxy) is 2. The number of rotatable bonds is 7. The zero-order valence-electron chi connectivity index (χ0n) is 17.6. The molecule has 0 aliphatic carbocycles. The van der Waals surface area contributed by atoms with Gasteiger partial charge in [-0.1, -0.05) is 42.5 Å². The lowest BCUT2D eigenvalue weighted by Crippen LogP contribution is -2.21. The van der Waals surface area contributed by atoms with Crippen LogP contribution < -0.4 is 10.1 Å². The third-order valence-corrected chi connectivity index (χ3v) is 5.72. The monoisotopic (exact) mass is 423 g/mol. The van der Waals surface area contributed by atoms with Crippen LogP contribution in [-0.4, -0.2) is 25.1 Å². The summed E-state index contributed by atoms with van der Waals surface area (Å²) >= 11 is 1.30. The maximum atomic E-state index is 12.6. The summed E-state index contributed by atoms with van der Waals surface area (Å²) in [5, 5.41) is 5.13. The fourth-order valence-corrected chi connectivity index (χ4v) is 4.11. The average Bonchev–Trinajstić information content (AvgIpc) is 3.15. The molecule has 0 unspecified atom stereocenters. The van der Waals surface area contributed by atoms with Gasteiger partial charge in [0, 0.05) is 10.9 Å². The van der Waals surface area contributed by atoms with Crippen LogP contribution in [0.25, 0.3) is 11.1 Å². The third kappa shape index (κ3) is 4.71. The van der Waals surface area contributed by atoms with Crippen molar-refractivity contribution >= 4 is 28.2 Å². The highest BCUT2D eigenvalue weighted by molar-refractivity contribution is 7.15. The molecule has 1 aromatic heterocycles. The van der Waals surface area contributed by atoms with Crippen molar-refractivity contribution in [2.45, 2.75) is 27.7 Å². The Balaban J connectivity index is 1.81. The predicted octanol–water partition coefficient (Wildman–Crippen LogP) is 5.53. The highest BCUT2D eigenvalue weighted by Crippen LogP contribution is 2.36. The first kappa shape index (κ1) is 21.6. The van der Waals surface area contributed by atoms with E-state index in [0.29, 0.717) is 16.3 Å². The SMILES string of the molecule is CCOC(=O)c1c(-c2ccccc2)csc1NC(=O)COc1c(C)ccc(C)c1C. The number of esters is 1. The Kier molecular flexibility index (Phi) is 6.90. The number of hydrogen-bond donors (Lipinski definition) is 1. The number of nitrogens with one attached hydrogen (secondary N) is 1. The zero-order valence-corrected chi connectivity index (χ0v) is 18.4. The van der Waals surface area contributed by atoms with Gasteiger partial charge in [-0.25, -0.2) is 4.79 Å². The molecule has 3 rings (SSSR count). The maximum Gasteiger partial charge on any atom is 0.341 e. The van der Waals surface area contributed by atoms with E-state index in [0.717, 1.165) is 27.8 Å². The van der Waals surface area contributed by atoms with Gasteiger partial charge in [-0.15, -0.1) is 11.3 Å². The highest BCUT2D eigenvalue weighted by Gasteiger charge is 2.23. The van der Waals surface area contributed by atoms with E-state index < -0.39 is 5.97 Å². The van der Waals surface area contributed by atoms with Crippen molar-refractivity contribution in [1.82, 2.24) is 0 Å². The predicted molar refractivity (Wildman–Crippen MR) is 120 cm³/mol. The second kappa shape index (κ2) is 9.59. The Labute approximate surface area is 180 Å². The first-order valence-corrected chi connectivity index (χ1v) is 10.6. The fraction of sp³-hybridized carbons (Fsp3) is 0.250. The summed E-state index contributed by atoms with van der Waals surface area (Å²) in [6, 6.07) is 13.6. The standard InChI is InChI=1S/C24H25NO4S/c1-5-28-24(27)21-19(18-9-7-6-8-10-18)14-30-23(21)25-20(26)13-29-22-16(3)12-11-15(2)17(22)4/h6-12,14H,5,13H2,1-4H3,(H,25,26). The summed E-state index contributed by atoms with van der Waals surface area (Å²) in [5.41, 5.74) is 5.08. The molecule has 1 amide bonds. The van der Waals surface area contributed by atoms with Crippen molar-refractivity contribution in [3.8, 4) is 16.9 Å². The van der Waals surface area contributed by atoms with Gasteiger partial charge < -0.3 is 14.8 Å². The van der Waals surface area contributed by atoms with Gasteiger partial charge in [0.15, 0.2) is 6.61 Å². The van der Waals surface area contributed by atoms with Crippen molar-refractivity contribution in [3.63, 3.8) is 0 Å². The average molecular weight is 424 g/mol. The molecular formula is C24H25NO4S. The minimum Gasteiger partial charge on any atom is -0.483 e. The summed E-state index contributed by atoms with van der Waals surface area (Å²) in [7, 11) is 0. The Morgan fingerprint density at radius 1 is 1.00 bits per heavy atom. The zero-order chi connectivity index (χ0) is 21.7. The van der Waals surface area contributed by atoms with E-state index in [2.05, 4.69) is 5.32 Å². The first-order chi connectivity index (χ1) is 14.4. The molecule has 1 N–H and O–H groups in total. The van der Waals surface area contributed by atoms with Crippen LogP contribution in [0, 0.1) is 20.8 Å². The molecule has 0 saturated carbocycles. The van der Waals surface area contributed by atoms with Gasteiger partial charge in [-0.05, 0) is 49.9 Å². The molecule has 6 heteroatoms. The van der Waals surface area contributed by atoms with Crippen molar-refractivity contribution in [2.24, 2.45) is 0 Å². The Hall–Kier alpha value is -3.12. The van der Waals surface area contributed by atoms with Crippen LogP contribution in [0.4, 0.5) is 5.00 Å². The summed E-state index contributed by atoms with van der Waals surface area (Å²) in [6.45, 7) is 7.79. The molecule has 0 saturated heterocycles. The molecule has 0 radical (unpaired) electrons. The van der Waals surface area contributed by atoms with Gasteiger partial charge in [0.05, 0.1) is 6.61 Å². The molecule has 0 bridgehead atoms. The Morgan fingerprint density at radius 3 is 2.40 bits per heavy atom. The van der Waals surface area contributed by atoms with E-state index in [4.69, 9.17) is 9.47 Å².